The summed E-state index contributed by atoms with van der Waals surface area (Å²) in [5.74, 6) is -1.68. The predicted octanol–water partition coefficient (Wildman–Crippen LogP) is 2.28. The maximum absolute atomic E-state index is 12.1. The Bertz CT molecular complexity index is 952. The average Bonchev–Trinajstić information content (AvgIpc) is 2.51. The molecule has 26 heavy (non-hydrogen) atoms. The number of aromatic hydroxyl groups is 1. The van der Waals surface area contributed by atoms with Gasteiger partial charge in [-0.15, -0.1) is 0 Å². The minimum atomic E-state index is -1.07. The first kappa shape index (κ1) is 19.0. The second kappa shape index (κ2) is 7.73. The molecule has 0 radical (unpaired) electrons. The van der Waals surface area contributed by atoms with Gasteiger partial charge < -0.3 is 24.1 Å². The zero-order valence-corrected chi connectivity index (χ0v) is 14.5. The highest BCUT2D eigenvalue weighted by atomic mass is 16.5. The summed E-state index contributed by atoms with van der Waals surface area (Å²) in [6, 6.07) is 2.67. The number of carboxylic acid groups (broad SMARTS) is 1. The molecule has 138 valence electrons. The predicted molar refractivity (Wildman–Crippen MR) is 91.2 cm³/mol. The van der Waals surface area contributed by atoms with Crippen LogP contribution in [0.2, 0.25) is 0 Å². The Morgan fingerprint density at radius 1 is 1.31 bits per heavy atom. The highest BCUT2D eigenvalue weighted by Crippen LogP contribution is 2.35. The maximum atomic E-state index is 12.1. The summed E-state index contributed by atoms with van der Waals surface area (Å²) in [6.45, 7) is 2.72. The van der Waals surface area contributed by atoms with Gasteiger partial charge in [0.1, 0.15) is 34.8 Å². The lowest BCUT2D eigenvalue weighted by molar-refractivity contribution is -0.139. The number of aliphatic carboxylic acids is 1. The van der Waals surface area contributed by atoms with Crippen LogP contribution in [0.25, 0.3) is 11.0 Å². The van der Waals surface area contributed by atoms with Crippen LogP contribution in [0.4, 0.5) is 0 Å². The number of hydrogen-bond donors (Lipinski definition) is 2. The van der Waals surface area contributed by atoms with Crippen LogP contribution in [0.3, 0.4) is 0 Å². The molecular formula is C18H18O8. The molecule has 8 heteroatoms. The van der Waals surface area contributed by atoms with Gasteiger partial charge >= 0.3 is 11.9 Å². The van der Waals surface area contributed by atoms with Crippen molar-refractivity contribution in [2.24, 2.45) is 0 Å². The summed E-state index contributed by atoms with van der Waals surface area (Å²) in [4.78, 5) is 34.5. The van der Waals surface area contributed by atoms with Gasteiger partial charge in [0.05, 0.1) is 19.1 Å². The number of benzene rings is 1. The number of phenolic OH excluding ortho intramolecular Hbond substituents is 1. The maximum Gasteiger partial charge on any atom is 0.331 e. The minimum absolute atomic E-state index is 0.0416. The van der Waals surface area contributed by atoms with Crippen molar-refractivity contribution in [2.45, 2.75) is 26.9 Å². The molecule has 0 bridgehead atoms. The number of hydrogen-bond acceptors (Lipinski definition) is 7. The molecule has 8 nitrogen and oxygen atoms in total. The molecular weight excluding hydrogens is 344 g/mol. The quantitative estimate of drug-likeness (QED) is 0.592. The van der Waals surface area contributed by atoms with Crippen LogP contribution in [0.1, 0.15) is 24.7 Å². The number of carbonyl (C=O) groups is 2. The first-order chi connectivity index (χ1) is 12.2. The SMILES string of the molecule is COc1cc2oc(C)cc(=O)c2c(O)c1COC(=O)/C=C(/C)CC(=O)O. The Morgan fingerprint density at radius 2 is 2.00 bits per heavy atom. The molecule has 0 atom stereocenters. The second-order valence-corrected chi connectivity index (χ2v) is 5.67. The van der Waals surface area contributed by atoms with E-state index in [2.05, 4.69) is 0 Å². The van der Waals surface area contributed by atoms with Gasteiger partial charge in [-0.2, -0.15) is 0 Å². The Morgan fingerprint density at radius 3 is 2.62 bits per heavy atom. The van der Waals surface area contributed by atoms with E-state index in [1.54, 1.807) is 6.92 Å². The van der Waals surface area contributed by atoms with E-state index in [1.807, 2.05) is 0 Å². The molecule has 0 aliphatic heterocycles. The molecule has 0 amide bonds. The zero-order chi connectivity index (χ0) is 19.4. The molecule has 0 spiro atoms. The van der Waals surface area contributed by atoms with Gasteiger partial charge in [0.25, 0.3) is 0 Å². The Hall–Kier alpha value is -3.29. The number of rotatable bonds is 6. The number of esters is 1. The molecule has 1 aromatic carbocycles. The third-order valence-electron chi connectivity index (χ3n) is 3.55. The molecule has 2 aromatic rings. The highest BCUT2D eigenvalue weighted by Gasteiger charge is 2.19. The molecule has 0 aliphatic rings. The number of carbonyl (C=O) groups excluding carboxylic acids is 1. The first-order valence-electron chi connectivity index (χ1n) is 7.62. The van der Waals surface area contributed by atoms with Crippen LogP contribution in [0, 0.1) is 6.92 Å². The molecule has 0 unspecified atom stereocenters. The van der Waals surface area contributed by atoms with Gasteiger partial charge in [-0.25, -0.2) is 4.79 Å². The third kappa shape index (κ3) is 4.21. The van der Waals surface area contributed by atoms with E-state index in [9.17, 15) is 19.5 Å². The lowest BCUT2D eigenvalue weighted by Gasteiger charge is -2.12. The number of methoxy groups -OCH3 is 1. The lowest BCUT2D eigenvalue weighted by atomic mass is 10.1. The van der Waals surface area contributed by atoms with Crippen LogP contribution >= 0.6 is 0 Å². The average molecular weight is 362 g/mol. The summed E-state index contributed by atoms with van der Waals surface area (Å²) in [5, 5.41) is 19.1. The van der Waals surface area contributed by atoms with Gasteiger partial charge in [0.2, 0.25) is 0 Å². The molecule has 0 saturated heterocycles. The van der Waals surface area contributed by atoms with Crippen LogP contribution in [0.15, 0.2) is 33.0 Å². The van der Waals surface area contributed by atoms with E-state index in [1.165, 1.54) is 26.2 Å². The van der Waals surface area contributed by atoms with Crippen LogP contribution in [0.5, 0.6) is 11.5 Å². The smallest absolute Gasteiger partial charge is 0.331 e. The second-order valence-electron chi connectivity index (χ2n) is 5.67. The van der Waals surface area contributed by atoms with E-state index < -0.39 is 23.1 Å². The molecule has 2 N–H and O–H groups in total. The van der Waals surface area contributed by atoms with Gasteiger partial charge in [-0.1, -0.05) is 5.57 Å². The Labute approximate surface area is 148 Å². The van der Waals surface area contributed by atoms with E-state index in [-0.39, 0.29) is 35.3 Å². The number of carboxylic acids is 1. The van der Waals surface area contributed by atoms with Crippen molar-refractivity contribution in [1.82, 2.24) is 0 Å². The molecule has 0 fully saturated rings. The number of phenols is 1. The third-order valence-corrected chi connectivity index (χ3v) is 3.55. The largest absolute Gasteiger partial charge is 0.506 e. The molecule has 1 aromatic heterocycles. The Balaban J connectivity index is 2.35. The number of fused-ring (bicyclic) bond motifs is 1. The normalized spacial score (nSPS) is 11.4. The van der Waals surface area contributed by atoms with Crippen molar-refractivity contribution in [3.63, 3.8) is 0 Å². The van der Waals surface area contributed by atoms with Crippen molar-refractivity contribution < 1.29 is 33.7 Å². The van der Waals surface area contributed by atoms with Crippen LogP contribution in [-0.4, -0.2) is 29.3 Å². The van der Waals surface area contributed by atoms with E-state index in [0.717, 1.165) is 6.08 Å². The first-order valence-corrected chi connectivity index (χ1v) is 7.62. The van der Waals surface area contributed by atoms with Crippen LogP contribution < -0.4 is 10.2 Å². The fourth-order valence-corrected chi connectivity index (χ4v) is 2.44. The number of aryl methyl sites for hydroxylation is 1. The van der Waals surface area contributed by atoms with Gasteiger partial charge in [-0.05, 0) is 13.8 Å². The zero-order valence-electron chi connectivity index (χ0n) is 14.5. The van der Waals surface area contributed by atoms with E-state index in [0.29, 0.717) is 11.3 Å². The summed E-state index contributed by atoms with van der Waals surface area (Å²) >= 11 is 0. The minimum Gasteiger partial charge on any atom is -0.506 e. The summed E-state index contributed by atoms with van der Waals surface area (Å²) in [5.41, 5.74) is 0.132. The van der Waals surface area contributed by atoms with Crippen molar-refractivity contribution in [3.05, 3.63) is 45.3 Å². The molecule has 0 saturated carbocycles. The standard InChI is InChI=1S/C18H18O8/c1-9(4-15(20)21)5-16(22)25-8-11-13(24-3)7-14-17(18(11)23)12(19)6-10(2)26-14/h5-7,23H,4,8H2,1-3H3,(H,20,21)/b9-5-. The van der Waals surface area contributed by atoms with Crippen molar-refractivity contribution in [1.29, 1.82) is 0 Å². The van der Waals surface area contributed by atoms with E-state index in [4.69, 9.17) is 19.0 Å². The fraction of sp³-hybridized carbons (Fsp3) is 0.278. The summed E-state index contributed by atoms with van der Waals surface area (Å²) in [7, 11) is 1.36. The van der Waals surface area contributed by atoms with Gasteiger partial charge in [-0.3, -0.25) is 9.59 Å². The van der Waals surface area contributed by atoms with Crippen LogP contribution in [-0.2, 0) is 20.9 Å². The summed E-state index contributed by atoms with van der Waals surface area (Å²) in [6.07, 6.45) is 0.760. The summed E-state index contributed by atoms with van der Waals surface area (Å²) < 4.78 is 15.6. The van der Waals surface area contributed by atoms with Crippen molar-refractivity contribution in [3.8, 4) is 11.5 Å². The monoisotopic (exact) mass is 362 g/mol. The topological polar surface area (TPSA) is 123 Å². The van der Waals surface area contributed by atoms with Gasteiger partial charge in [0.15, 0.2) is 5.43 Å². The van der Waals surface area contributed by atoms with Crippen molar-refractivity contribution in [2.75, 3.05) is 7.11 Å². The highest BCUT2D eigenvalue weighted by molar-refractivity contribution is 5.87. The molecule has 0 aliphatic carbocycles. The lowest BCUT2D eigenvalue weighted by Crippen LogP contribution is -2.07. The van der Waals surface area contributed by atoms with E-state index >= 15 is 0 Å². The fourth-order valence-electron chi connectivity index (χ4n) is 2.44. The number of ether oxygens (including phenoxy) is 2. The molecule has 1 heterocycles. The van der Waals surface area contributed by atoms with Gasteiger partial charge in [0, 0.05) is 18.2 Å². The van der Waals surface area contributed by atoms with Crippen molar-refractivity contribution >= 4 is 22.9 Å². The Kier molecular flexibility index (Phi) is 5.66. The molecule has 2 rings (SSSR count).